The van der Waals surface area contributed by atoms with Crippen molar-refractivity contribution in [2.24, 2.45) is 14.1 Å². The lowest BCUT2D eigenvalue weighted by Gasteiger charge is -1.92. The summed E-state index contributed by atoms with van der Waals surface area (Å²) in [7, 11) is 3.65. The van der Waals surface area contributed by atoms with E-state index in [4.69, 9.17) is 0 Å². The second-order valence-electron chi connectivity index (χ2n) is 4.44. The number of benzene rings is 1. The highest BCUT2D eigenvalue weighted by Gasteiger charge is 2.05. The van der Waals surface area contributed by atoms with E-state index in [1.807, 2.05) is 42.3 Å². The number of aryl methyl sites for hydroxylation is 2. The van der Waals surface area contributed by atoms with Crippen molar-refractivity contribution in [3.05, 3.63) is 65.5 Å². The summed E-state index contributed by atoms with van der Waals surface area (Å²) in [6.45, 7) is 0. The summed E-state index contributed by atoms with van der Waals surface area (Å²) >= 11 is 0. The Morgan fingerprint density at radius 1 is 1.00 bits per heavy atom. The minimum atomic E-state index is -0.528. The molecule has 0 aliphatic carbocycles. The molecule has 0 aliphatic heterocycles. The summed E-state index contributed by atoms with van der Waals surface area (Å²) in [5.41, 5.74) is 2.19. The van der Waals surface area contributed by atoms with E-state index in [0.717, 1.165) is 11.3 Å². The van der Waals surface area contributed by atoms with Crippen molar-refractivity contribution in [2.45, 2.75) is 0 Å². The highest BCUT2D eigenvalue weighted by Crippen LogP contribution is 2.14. The molecule has 3 aromatic rings. The molecule has 0 saturated carbocycles. The molecular weight excluding hydrogens is 270 g/mol. The fourth-order valence-electron chi connectivity index (χ4n) is 1.66. The molecule has 0 N–H and O–H groups in total. The predicted molar refractivity (Wildman–Crippen MR) is 78.5 cm³/mol. The third-order valence-electron chi connectivity index (χ3n) is 2.65. The lowest BCUT2D eigenvalue weighted by Crippen LogP contribution is -1.86. The molecule has 21 heavy (non-hydrogen) atoms. The van der Waals surface area contributed by atoms with Gasteiger partial charge in [-0.25, -0.2) is 4.98 Å². The first kappa shape index (κ1) is 14.4. The molecule has 0 aliphatic rings. The Hall–Kier alpha value is -2.96. The molecule has 0 bridgehead atoms. The van der Waals surface area contributed by atoms with Crippen molar-refractivity contribution in [3.8, 4) is 11.3 Å². The quantitative estimate of drug-likeness (QED) is 0.535. The largest absolute Gasteiger partial charge is 0.381 e. The van der Waals surface area contributed by atoms with Gasteiger partial charge in [0.15, 0.2) is 0 Å². The van der Waals surface area contributed by atoms with E-state index in [0.29, 0.717) is 0 Å². The zero-order chi connectivity index (χ0) is 15.2. The molecular formula is C14H15N5O2. The maximum absolute atomic E-state index is 9.94. The Bertz CT molecular complexity index is 718. The number of imidazole rings is 2. The van der Waals surface area contributed by atoms with Crippen molar-refractivity contribution in [1.29, 1.82) is 0 Å². The first-order chi connectivity index (χ1) is 10.1. The van der Waals surface area contributed by atoms with E-state index in [1.165, 1.54) is 17.1 Å². The number of hydrogen-bond acceptors (Lipinski definition) is 4. The Morgan fingerprint density at radius 2 is 1.62 bits per heavy atom. The molecule has 0 amide bonds. The van der Waals surface area contributed by atoms with Crippen molar-refractivity contribution >= 4 is 5.82 Å². The molecule has 0 spiro atoms. The van der Waals surface area contributed by atoms with Crippen LogP contribution >= 0.6 is 0 Å². The van der Waals surface area contributed by atoms with Crippen LogP contribution in [0.2, 0.25) is 0 Å². The summed E-state index contributed by atoms with van der Waals surface area (Å²) in [6, 6.07) is 10.2. The average molecular weight is 285 g/mol. The Labute approximate surface area is 121 Å². The third-order valence-corrected chi connectivity index (χ3v) is 2.65. The van der Waals surface area contributed by atoms with Gasteiger partial charge in [-0.15, -0.1) is 0 Å². The molecule has 0 radical (unpaired) electrons. The Balaban J connectivity index is 0.000000161. The molecule has 7 heteroatoms. The van der Waals surface area contributed by atoms with Crippen LogP contribution < -0.4 is 0 Å². The van der Waals surface area contributed by atoms with Gasteiger partial charge < -0.3 is 19.2 Å². The normalized spacial score (nSPS) is 9.81. The molecule has 0 unspecified atom stereocenters. The summed E-state index contributed by atoms with van der Waals surface area (Å²) in [5.74, 6) is -0.113. The van der Waals surface area contributed by atoms with Gasteiger partial charge in [-0.1, -0.05) is 30.3 Å². The summed E-state index contributed by atoms with van der Waals surface area (Å²) in [6.07, 6.45) is 6.55. The smallest absolute Gasteiger partial charge is 0.358 e. The molecule has 1 aromatic carbocycles. The van der Waals surface area contributed by atoms with Crippen LogP contribution in [0.25, 0.3) is 11.3 Å². The Kier molecular flexibility index (Phi) is 4.45. The van der Waals surface area contributed by atoms with Gasteiger partial charge in [-0.3, -0.25) is 0 Å². The second-order valence-corrected chi connectivity index (χ2v) is 4.44. The summed E-state index contributed by atoms with van der Waals surface area (Å²) < 4.78 is 3.47. The first-order valence-electron chi connectivity index (χ1n) is 6.22. The van der Waals surface area contributed by atoms with Gasteiger partial charge in [0.2, 0.25) is 6.33 Å². The molecule has 0 saturated heterocycles. The average Bonchev–Trinajstić information content (AvgIpc) is 3.09. The number of hydrogen-bond donors (Lipinski definition) is 0. The number of nitrogens with zero attached hydrogens (tertiary/aromatic N) is 5. The third kappa shape index (κ3) is 4.00. The minimum Gasteiger partial charge on any atom is -0.358 e. The monoisotopic (exact) mass is 285 g/mol. The molecule has 0 fully saturated rings. The van der Waals surface area contributed by atoms with Crippen LogP contribution in [0.3, 0.4) is 0 Å². The first-order valence-corrected chi connectivity index (χ1v) is 6.22. The van der Waals surface area contributed by atoms with E-state index in [2.05, 4.69) is 22.1 Å². The highest BCUT2D eigenvalue weighted by molar-refractivity contribution is 5.57. The van der Waals surface area contributed by atoms with Crippen LogP contribution in [-0.4, -0.2) is 24.0 Å². The lowest BCUT2D eigenvalue weighted by molar-refractivity contribution is -0.389. The van der Waals surface area contributed by atoms with Crippen LogP contribution in [-0.2, 0) is 14.1 Å². The van der Waals surface area contributed by atoms with Gasteiger partial charge in [-0.2, -0.15) is 0 Å². The van der Waals surface area contributed by atoms with E-state index >= 15 is 0 Å². The fraction of sp³-hybridized carbons (Fsp3) is 0.143. The molecule has 7 nitrogen and oxygen atoms in total. The fourth-order valence-corrected chi connectivity index (χ4v) is 1.66. The maximum atomic E-state index is 9.94. The Morgan fingerprint density at radius 3 is 2.05 bits per heavy atom. The number of aromatic nitrogens is 4. The molecule has 0 atom stereocenters. The van der Waals surface area contributed by atoms with Crippen molar-refractivity contribution in [3.63, 3.8) is 0 Å². The van der Waals surface area contributed by atoms with Crippen LogP contribution in [0.1, 0.15) is 0 Å². The molecule has 3 rings (SSSR count). The molecule has 108 valence electrons. The van der Waals surface area contributed by atoms with Gasteiger partial charge in [-0.05, 0) is 9.91 Å². The minimum absolute atomic E-state index is 0.113. The second kappa shape index (κ2) is 6.47. The van der Waals surface area contributed by atoms with Crippen molar-refractivity contribution < 1.29 is 4.92 Å². The van der Waals surface area contributed by atoms with Gasteiger partial charge in [0.25, 0.3) is 0 Å². The molecule has 2 heterocycles. The van der Waals surface area contributed by atoms with Crippen LogP contribution in [0.5, 0.6) is 0 Å². The number of rotatable bonds is 2. The van der Waals surface area contributed by atoms with E-state index in [-0.39, 0.29) is 5.82 Å². The van der Waals surface area contributed by atoms with Crippen molar-refractivity contribution in [1.82, 2.24) is 19.1 Å². The lowest BCUT2D eigenvalue weighted by atomic mass is 10.2. The van der Waals surface area contributed by atoms with Crippen LogP contribution in [0.4, 0.5) is 5.82 Å². The zero-order valence-corrected chi connectivity index (χ0v) is 11.7. The van der Waals surface area contributed by atoms with Crippen LogP contribution in [0, 0.1) is 10.1 Å². The number of nitro groups is 1. The summed E-state index contributed by atoms with van der Waals surface area (Å²) in [4.78, 5) is 17.1. The summed E-state index contributed by atoms with van der Waals surface area (Å²) in [5, 5.41) is 9.94. The topological polar surface area (TPSA) is 78.8 Å². The molecule has 2 aromatic heterocycles. The van der Waals surface area contributed by atoms with E-state index in [9.17, 15) is 10.1 Å². The predicted octanol–water partition coefficient (Wildman–Crippen LogP) is 2.42. The van der Waals surface area contributed by atoms with Gasteiger partial charge >= 0.3 is 5.82 Å². The van der Waals surface area contributed by atoms with Gasteiger partial charge in [0.1, 0.15) is 6.20 Å². The highest BCUT2D eigenvalue weighted by atomic mass is 16.6. The van der Waals surface area contributed by atoms with Crippen LogP contribution in [0.15, 0.2) is 55.4 Å². The van der Waals surface area contributed by atoms with Crippen molar-refractivity contribution in [2.75, 3.05) is 0 Å². The van der Waals surface area contributed by atoms with Gasteiger partial charge in [0, 0.05) is 25.9 Å². The van der Waals surface area contributed by atoms with E-state index < -0.39 is 4.92 Å². The standard InChI is InChI=1S/C10H10N2.C4H5N3O2/c1-12-7-10(11-8-12)9-5-3-2-4-6-9;1-6-2-4(5-3-6)7(8)9/h2-8H,1H3;2-3H,1H3. The van der Waals surface area contributed by atoms with Gasteiger partial charge in [0.05, 0.1) is 12.0 Å². The SMILES string of the molecule is Cn1cnc(-c2ccccc2)c1.Cn1cnc([N+](=O)[O-])c1. The maximum Gasteiger partial charge on any atom is 0.381 e. The zero-order valence-electron chi connectivity index (χ0n) is 11.7. The van der Waals surface area contributed by atoms with E-state index in [1.54, 1.807) is 7.05 Å².